The van der Waals surface area contributed by atoms with Crippen molar-refractivity contribution < 1.29 is 26.7 Å². The van der Waals surface area contributed by atoms with Crippen LogP contribution in [-0.2, 0) is 30.4 Å². The quantitative estimate of drug-likeness (QED) is 0.209. The number of pyridine rings is 2. The Hall–Kier alpha value is -4.55. The first kappa shape index (κ1) is 29.0. The summed E-state index contributed by atoms with van der Waals surface area (Å²) in [5, 5.41) is 2.63. The van der Waals surface area contributed by atoms with E-state index in [1.54, 1.807) is 12.1 Å². The zero-order valence-corrected chi connectivity index (χ0v) is 23.2. The molecule has 8 nitrogen and oxygen atoms in total. The van der Waals surface area contributed by atoms with Crippen molar-refractivity contribution >= 4 is 28.5 Å². The molecule has 0 saturated heterocycles. The maximum Gasteiger partial charge on any atom is 0.433 e. The molecule has 2 N–H and O–H groups in total. The standard InChI is InChI=1S/C30H26F3N5O3S/c1-20-3-2-15-37-19-26(36-28(20)37)23-7-4-21(5-8-23)14-16-38(42(40)41)25-11-9-24(10-12-25)29(39)35-18-22-6-13-27(34-17-22)30(31,32)33/h2-13,15,17,19H,14,16,18H2,1H3,(H,35,39)(H,40,41). The normalized spacial score (nSPS) is 12.3. The monoisotopic (exact) mass is 593 g/mol. The SMILES string of the molecule is Cc1cccn2cc(-c3ccc(CCN(c4ccc(C(=O)NCc5ccc(C(F)(F)F)nc5)cc4)S(=O)O)cc3)nc12. The molecular formula is C30H26F3N5O3S. The van der Waals surface area contributed by atoms with Gasteiger partial charge in [0.15, 0.2) is 0 Å². The lowest BCUT2D eigenvalue weighted by Crippen LogP contribution is -2.28. The van der Waals surface area contributed by atoms with Crippen LogP contribution in [0.2, 0.25) is 0 Å². The van der Waals surface area contributed by atoms with Gasteiger partial charge in [0, 0.05) is 42.8 Å². The van der Waals surface area contributed by atoms with Crippen molar-refractivity contribution in [2.75, 3.05) is 10.8 Å². The minimum absolute atomic E-state index is 0.00587. The van der Waals surface area contributed by atoms with E-state index in [1.165, 1.54) is 22.5 Å². The van der Waals surface area contributed by atoms with E-state index in [2.05, 4.69) is 10.3 Å². The van der Waals surface area contributed by atoms with Crippen molar-refractivity contribution in [1.29, 1.82) is 0 Å². The summed E-state index contributed by atoms with van der Waals surface area (Å²) in [6.07, 6.45) is 0.964. The number of halogens is 3. The average Bonchev–Trinajstić information content (AvgIpc) is 3.42. The number of imidazole rings is 1. The van der Waals surface area contributed by atoms with Crippen LogP contribution in [0.5, 0.6) is 0 Å². The number of rotatable bonds is 9. The Morgan fingerprint density at radius 3 is 2.36 bits per heavy atom. The largest absolute Gasteiger partial charge is 0.433 e. The zero-order chi connectivity index (χ0) is 29.9. The van der Waals surface area contributed by atoms with E-state index in [0.29, 0.717) is 23.2 Å². The second kappa shape index (κ2) is 12.1. The number of hydrogen-bond acceptors (Lipinski definition) is 4. The Kier molecular flexibility index (Phi) is 8.36. The highest BCUT2D eigenvalue weighted by Gasteiger charge is 2.32. The van der Waals surface area contributed by atoms with Crippen LogP contribution in [-0.4, -0.2) is 35.6 Å². The predicted molar refractivity (Wildman–Crippen MR) is 154 cm³/mol. The summed E-state index contributed by atoms with van der Waals surface area (Å²) in [5.74, 6) is -0.445. The van der Waals surface area contributed by atoms with Crippen molar-refractivity contribution in [3.8, 4) is 11.3 Å². The zero-order valence-electron chi connectivity index (χ0n) is 22.4. The highest BCUT2D eigenvalue weighted by atomic mass is 32.2. The number of nitrogens with one attached hydrogen (secondary N) is 1. The molecule has 12 heteroatoms. The topological polar surface area (TPSA) is 99.8 Å². The summed E-state index contributed by atoms with van der Waals surface area (Å²) in [7, 11) is 0. The van der Waals surface area contributed by atoms with Gasteiger partial charge in [-0.05, 0) is 66.4 Å². The van der Waals surface area contributed by atoms with Crippen molar-refractivity contribution in [3.05, 3.63) is 119 Å². The van der Waals surface area contributed by atoms with Gasteiger partial charge in [0.2, 0.25) is 0 Å². The number of nitrogens with zero attached hydrogens (tertiary/aromatic N) is 4. The maximum atomic E-state index is 12.7. The number of anilines is 1. The van der Waals surface area contributed by atoms with Crippen LogP contribution < -0.4 is 9.62 Å². The molecule has 0 saturated carbocycles. The second-order valence-corrected chi connectivity index (χ2v) is 10.5. The summed E-state index contributed by atoms with van der Waals surface area (Å²) >= 11 is -2.29. The third-order valence-corrected chi connectivity index (χ3v) is 7.48. The van der Waals surface area contributed by atoms with E-state index in [9.17, 15) is 26.7 Å². The van der Waals surface area contributed by atoms with Gasteiger partial charge in [-0.2, -0.15) is 13.2 Å². The number of amides is 1. The van der Waals surface area contributed by atoms with Gasteiger partial charge in [-0.3, -0.25) is 18.6 Å². The first-order chi connectivity index (χ1) is 20.1. The molecule has 0 radical (unpaired) electrons. The molecule has 1 unspecified atom stereocenters. The number of carbonyl (C=O) groups is 1. The van der Waals surface area contributed by atoms with Crippen LogP contribution in [0, 0.1) is 6.92 Å². The molecule has 0 bridgehead atoms. The number of carbonyl (C=O) groups excluding carboxylic acids is 1. The smallest absolute Gasteiger partial charge is 0.348 e. The van der Waals surface area contributed by atoms with Crippen molar-refractivity contribution in [2.45, 2.75) is 26.1 Å². The molecule has 0 aliphatic heterocycles. The molecule has 0 fully saturated rings. The van der Waals surface area contributed by atoms with Crippen LogP contribution in [0.25, 0.3) is 16.9 Å². The van der Waals surface area contributed by atoms with E-state index < -0.39 is 29.0 Å². The van der Waals surface area contributed by atoms with Gasteiger partial charge < -0.3 is 9.72 Å². The summed E-state index contributed by atoms with van der Waals surface area (Å²) in [6, 6.07) is 20.1. The highest BCUT2D eigenvalue weighted by molar-refractivity contribution is 7.80. The number of aromatic nitrogens is 3. The average molecular weight is 594 g/mol. The summed E-state index contributed by atoms with van der Waals surface area (Å²) in [4.78, 5) is 20.6. The highest BCUT2D eigenvalue weighted by Crippen LogP contribution is 2.27. The van der Waals surface area contributed by atoms with Crippen molar-refractivity contribution in [1.82, 2.24) is 19.7 Å². The van der Waals surface area contributed by atoms with E-state index in [0.717, 1.165) is 40.3 Å². The fourth-order valence-corrected chi connectivity index (χ4v) is 4.97. The fourth-order valence-electron chi connectivity index (χ4n) is 4.42. The first-order valence-electron chi connectivity index (χ1n) is 12.9. The van der Waals surface area contributed by atoms with Gasteiger partial charge in [0.25, 0.3) is 17.2 Å². The van der Waals surface area contributed by atoms with Gasteiger partial charge in [-0.1, -0.05) is 36.4 Å². The lowest BCUT2D eigenvalue weighted by atomic mass is 10.1. The number of aryl methyl sites for hydroxylation is 1. The lowest BCUT2D eigenvalue weighted by molar-refractivity contribution is -0.141. The van der Waals surface area contributed by atoms with E-state index in [1.807, 2.05) is 60.1 Å². The first-order valence-corrected chi connectivity index (χ1v) is 14.0. The fraction of sp³-hybridized carbons (Fsp3) is 0.167. The van der Waals surface area contributed by atoms with Crippen LogP contribution in [0.15, 0.2) is 91.4 Å². The van der Waals surface area contributed by atoms with E-state index in [-0.39, 0.29) is 13.1 Å². The Labute approximate surface area is 242 Å². The van der Waals surface area contributed by atoms with Crippen molar-refractivity contribution in [2.24, 2.45) is 0 Å². The van der Waals surface area contributed by atoms with Crippen LogP contribution in [0.1, 0.15) is 32.7 Å². The number of hydrogen-bond donors (Lipinski definition) is 2. The van der Waals surface area contributed by atoms with Crippen LogP contribution in [0.4, 0.5) is 18.9 Å². The predicted octanol–water partition coefficient (Wildman–Crippen LogP) is 5.84. The van der Waals surface area contributed by atoms with Gasteiger partial charge in [-0.15, -0.1) is 0 Å². The molecular weight excluding hydrogens is 567 g/mol. The van der Waals surface area contributed by atoms with E-state index in [4.69, 9.17) is 4.98 Å². The Morgan fingerprint density at radius 1 is 1.02 bits per heavy atom. The third-order valence-electron chi connectivity index (χ3n) is 6.71. The Balaban J connectivity index is 1.18. The molecule has 0 aliphatic rings. The molecule has 0 spiro atoms. The Bertz CT molecular complexity index is 1720. The lowest BCUT2D eigenvalue weighted by Gasteiger charge is -2.20. The molecule has 216 valence electrons. The summed E-state index contributed by atoms with van der Waals surface area (Å²) < 4.78 is 63.3. The summed E-state index contributed by atoms with van der Waals surface area (Å²) in [6.45, 7) is 2.26. The minimum Gasteiger partial charge on any atom is -0.348 e. The maximum absolute atomic E-state index is 12.7. The molecule has 5 aromatic rings. The van der Waals surface area contributed by atoms with E-state index >= 15 is 0 Å². The van der Waals surface area contributed by atoms with Crippen LogP contribution >= 0.6 is 0 Å². The summed E-state index contributed by atoms with van der Waals surface area (Å²) in [5.41, 5.74) is 4.94. The molecule has 5 rings (SSSR count). The number of fused-ring (bicyclic) bond motifs is 1. The molecule has 3 heterocycles. The molecule has 3 aromatic heterocycles. The molecule has 0 aliphatic carbocycles. The minimum atomic E-state index is -4.53. The third kappa shape index (κ3) is 6.67. The van der Waals surface area contributed by atoms with Gasteiger partial charge in [0.05, 0.1) is 11.4 Å². The molecule has 1 atom stereocenters. The number of benzene rings is 2. The van der Waals surface area contributed by atoms with Gasteiger partial charge in [0.1, 0.15) is 11.3 Å². The molecule has 1 amide bonds. The van der Waals surface area contributed by atoms with Crippen molar-refractivity contribution in [3.63, 3.8) is 0 Å². The second-order valence-electron chi connectivity index (χ2n) is 9.61. The van der Waals surface area contributed by atoms with Gasteiger partial charge in [-0.25, -0.2) is 9.19 Å². The number of alkyl halides is 3. The Morgan fingerprint density at radius 2 is 1.74 bits per heavy atom. The van der Waals surface area contributed by atoms with Crippen LogP contribution in [0.3, 0.4) is 0 Å². The molecule has 42 heavy (non-hydrogen) atoms. The van der Waals surface area contributed by atoms with Gasteiger partial charge >= 0.3 is 6.18 Å². The molecule has 2 aromatic carbocycles.